The number of nitrogens with zero attached hydrogens (tertiary/aromatic N) is 3. The van der Waals surface area contributed by atoms with Gasteiger partial charge >= 0.3 is 0 Å². The van der Waals surface area contributed by atoms with Crippen LogP contribution in [0.5, 0.6) is 0 Å². The Balaban J connectivity index is 1.60. The van der Waals surface area contributed by atoms with E-state index in [4.69, 9.17) is 11.6 Å². The summed E-state index contributed by atoms with van der Waals surface area (Å²) in [5.74, 6) is 1.19. The first-order valence-electron chi connectivity index (χ1n) is 11.7. The molecule has 1 unspecified atom stereocenters. The molecule has 5 nitrogen and oxygen atoms in total. The molecule has 1 heterocycles. The van der Waals surface area contributed by atoms with Crippen molar-refractivity contribution in [2.24, 2.45) is 0 Å². The zero-order chi connectivity index (χ0) is 24.8. The minimum absolute atomic E-state index is 0.0231. The molecular formula is C28H29ClN4OS. The molecule has 4 rings (SSSR count). The van der Waals surface area contributed by atoms with Gasteiger partial charge in [-0.25, -0.2) is 0 Å². The third-order valence-electron chi connectivity index (χ3n) is 5.91. The highest BCUT2D eigenvalue weighted by atomic mass is 35.5. The molecule has 0 spiro atoms. The molecule has 1 amide bonds. The predicted octanol–water partition coefficient (Wildman–Crippen LogP) is 6.64. The maximum absolute atomic E-state index is 13.1. The van der Waals surface area contributed by atoms with E-state index in [1.54, 1.807) is 11.8 Å². The molecule has 0 radical (unpaired) electrons. The molecule has 0 saturated carbocycles. The van der Waals surface area contributed by atoms with E-state index in [1.165, 1.54) is 11.1 Å². The molecule has 0 aliphatic carbocycles. The van der Waals surface area contributed by atoms with Gasteiger partial charge in [0.15, 0.2) is 11.0 Å². The van der Waals surface area contributed by atoms with Gasteiger partial charge in [0, 0.05) is 10.8 Å². The second kappa shape index (κ2) is 11.6. The van der Waals surface area contributed by atoms with Crippen LogP contribution >= 0.6 is 23.4 Å². The van der Waals surface area contributed by atoms with Crippen molar-refractivity contribution >= 4 is 29.3 Å². The predicted molar refractivity (Wildman–Crippen MR) is 143 cm³/mol. The van der Waals surface area contributed by atoms with E-state index in [1.807, 2.05) is 66.9 Å². The fraction of sp³-hybridized carbons (Fsp3) is 0.250. The number of thioether (sulfide) groups is 1. The topological polar surface area (TPSA) is 59.8 Å². The molecule has 1 aromatic heterocycles. The van der Waals surface area contributed by atoms with Crippen LogP contribution < -0.4 is 5.32 Å². The van der Waals surface area contributed by atoms with Gasteiger partial charge < -0.3 is 5.32 Å². The number of amides is 1. The van der Waals surface area contributed by atoms with Gasteiger partial charge in [-0.2, -0.15) is 0 Å². The van der Waals surface area contributed by atoms with E-state index >= 15 is 0 Å². The molecule has 1 atom stereocenters. The van der Waals surface area contributed by atoms with Crippen molar-refractivity contribution in [2.75, 3.05) is 0 Å². The van der Waals surface area contributed by atoms with Crippen molar-refractivity contribution in [1.29, 1.82) is 0 Å². The summed E-state index contributed by atoms with van der Waals surface area (Å²) in [5.41, 5.74) is 5.41. The summed E-state index contributed by atoms with van der Waals surface area (Å²) < 4.78 is 2.01. The van der Waals surface area contributed by atoms with E-state index < -0.39 is 0 Å². The van der Waals surface area contributed by atoms with Crippen LogP contribution in [-0.2, 0) is 17.1 Å². The maximum atomic E-state index is 13.1. The van der Waals surface area contributed by atoms with Gasteiger partial charge in [-0.1, -0.05) is 96.5 Å². The first-order chi connectivity index (χ1) is 17.0. The molecular weight excluding hydrogens is 476 g/mol. The summed E-state index contributed by atoms with van der Waals surface area (Å²) in [6.45, 7) is 6.42. The van der Waals surface area contributed by atoms with Crippen molar-refractivity contribution in [2.45, 2.75) is 50.6 Å². The number of benzene rings is 3. The van der Waals surface area contributed by atoms with Gasteiger partial charge in [-0.15, -0.1) is 10.2 Å². The molecule has 0 aliphatic rings. The second-order valence-electron chi connectivity index (χ2n) is 8.53. The van der Waals surface area contributed by atoms with E-state index in [0.717, 1.165) is 27.7 Å². The smallest absolute Gasteiger partial charge is 0.227 e. The number of carbonyl (C=O) groups is 1. The van der Waals surface area contributed by atoms with Crippen LogP contribution in [-0.4, -0.2) is 20.7 Å². The Hall–Kier alpha value is -3.09. The van der Waals surface area contributed by atoms with Gasteiger partial charge in [0.1, 0.15) is 0 Å². The Morgan fingerprint density at radius 1 is 1.03 bits per heavy atom. The second-order valence-corrected chi connectivity index (χ2v) is 9.91. The highest BCUT2D eigenvalue weighted by Gasteiger charge is 2.21. The number of aryl methyl sites for hydroxylation is 2. The molecule has 0 saturated heterocycles. The SMILES string of the molecule is CCC(C(=O)NCc1nnc(SCc2cccc(C)c2)n1-c1cc(Cl)ccc1C)c1ccccc1. The van der Waals surface area contributed by atoms with E-state index in [0.29, 0.717) is 17.3 Å². The molecule has 0 fully saturated rings. The average molecular weight is 505 g/mol. The van der Waals surface area contributed by atoms with Gasteiger partial charge in [-0.3, -0.25) is 9.36 Å². The summed E-state index contributed by atoms with van der Waals surface area (Å²) in [5, 5.41) is 13.4. The fourth-order valence-corrected chi connectivity index (χ4v) is 5.14. The van der Waals surface area contributed by atoms with Crippen LogP contribution in [0.3, 0.4) is 0 Å². The average Bonchev–Trinajstić information content (AvgIpc) is 3.26. The number of nitrogens with one attached hydrogen (secondary N) is 1. The first kappa shape index (κ1) is 25.0. The summed E-state index contributed by atoms with van der Waals surface area (Å²) in [7, 11) is 0. The standard InChI is InChI=1S/C28H29ClN4OS/c1-4-24(22-11-6-5-7-12-22)27(34)30-17-26-31-32-28(35-18-21-10-8-9-19(2)15-21)33(26)25-16-23(29)14-13-20(25)3/h5-16,24H,4,17-18H2,1-3H3,(H,30,34). The van der Waals surface area contributed by atoms with Gasteiger partial charge in [0.2, 0.25) is 5.91 Å². The number of rotatable bonds is 9. The normalized spacial score (nSPS) is 11.9. The van der Waals surface area contributed by atoms with Crippen molar-refractivity contribution < 1.29 is 4.79 Å². The monoisotopic (exact) mass is 504 g/mol. The van der Waals surface area contributed by atoms with E-state index in [-0.39, 0.29) is 18.4 Å². The minimum atomic E-state index is -0.212. The third-order valence-corrected chi connectivity index (χ3v) is 7.15. The summed E-state index contributed by atoms with van der Waals surface area (Å²) in [6.07, 6.45) is 0.716. The van der Waals surface area contributed by atoms with Gasteiger partial charge in [0.25, 0.3) is 0 Å². The lowest BCUT2D eigenvalue weighted by atomic mass is 9.96. The molecule has 1 N–H and O–H groups in total. The molecule has 0 aliphatic heterocycles. The Kier molecular flexibility index (Phi) is 8.26. The molecule has 35 heavy (non-hydrogen) atoms. The summed E-state index contributed by atoms with van der Waals surface area (Å²) >= 11 is 7.97. The van der Waals surface area contributed by atoms with E-state index in [2.05, 4.69) is 46.7 Å². The van der Waals surface area contributed by atoms with Gasteiger partial charge in [0.05, 0.1) is 18.2 Å². The summed E-state index contributed by atoms with van der Waals surface area (Å²) in [4.78, 5) is 13.1. The maximum Gasteiger partial charge on any atom is 0.227 e. The number of hydrogen-bond donors (Lipinski definition) is 1. The van der Waals surface area contributed by atoms with Crippen LogP contribution in [0.1, 0.15) is 47.3 Å². The van der Waals surface area contributed by atoms with Crippen LogP contribution in [0.25, 0.3) is 5.69 Å². The van der Waals surface area contributed by atoms with Gasteiger partial charge in [-0.05, 0) is 49.1 Å². The molecule has 180 valence electrons. The minimum Gasteiger partial charge on any atom is -0.348 e. The molecule has 4 aromatic rings. The molecule has 0 bridgehead atoms. The number of aromatic nitrogens is 3. The molecule has 7 heteroatoms. The number of carbonyl (C=O) groups excluding carboxylic acids is 1. The van der Waals surface area contributed by atoms with Crippen molar-refractivity contribution in [3.8, 4) is 5.69 Å². The highest BCUT2D eigenvalue weighted by molar-refractivity contribution is 7.98. The Bertz CT molecular complexity index is 1310. The van der Waals surface area contributed by atoms with Crippen molar-refractivity contribution in [3.05, 3.63) is 106 Å². The lowest BCUT2D eigenvalue weighted by Gasteiger charge is -2.17. The number of hydrogen-bond acceptors (Lipinski definition) is 4. The van der Waals surface area contributed by atoms with Crippen molar-refractivity contribution in [1.82, 2.24) is 20.1 Å². The zero-order valence-corrected chi connectivity index (χ0v) is 21.7. The summed E-state index contributed by atoms with van der Waals surface area (Å²) in [6, 6.07) is 24.1. The first-order valence-corrected chi connectivity index (χ1v) is 13.0. The lowest BCUT2D eigenvalue weighted by molar-refractivity contribution is -0.122. The fourth-order valence-electron chi connectivity index (χ4n) is 4.07. The lowest BCUT2D eigenvalue weighted by Crippen LogP contribution is -2.29. The Morgan fingerprint density at radius 2 is 1.83 bits per heavy atom. The van der Waals surface area contributed by atoms with Crippen LogP contribution in [0.15, 0.2) is 78.0 Å². The van der Waals surface area contributed by atoms with E-state index in [9.17, 15) is 4.79 Å². The zero-order valence-electron chi connectivity index (χ0n) is 20.2. The quantitative estimate of drug-likeness (QED) is 0.259. The highest BCUT2D eigenvalue weighted by Crippen LogP contribution is 2.29. The van der Waals surface area contributed by atoms with Crippen LogP contribution in [0.4, 0.5) is 0 Å². The largest absolute Gasteiger partial charge is 0.348 e. The Labute approximate surface area is 215 Å². The molecule has 3 aromatic carbocycles. The van der Waals surface area contributed by atoms with Crippen LogP contribution in [0, 0.1) is 13.8 Å². The Morgan fingerprint density at radius 3 is 2.57 bits per heavy atom. The van der Waals surface area contributed by atoms with Crippen molar-refractivity contribution in [3.63, 3.8) is 0 Å². The van der Waals surface area contributed by atoms with Crippen LogP contribution in [0.2, 0.25) is 5.02 Å². The number of halogens is 1. The third kappa shape index (κ3) is 6.13.